The lowest BCUT2D eigenvalue weighted by Gasteiger charge is -2.09. The molecule has 0 spiro atoms. The maximum atomic E-state index is 13.5. The third-order valence-corrected chi connectivity index (χ3v) is 2.78. The Morgan fingerprint density at radius 3 is 2.22 bits per heavy atom. The Kier molecular flexibility index (Phi) is 4.54. The van der Waals surface area contributed by atoms with Gasteiger partial charge in [0.1, 0.15) is 28.9 Å². The van der Waals surface area contributed by atoms with E-state index in [4.69, 9.17) is 10.8 Å². The third kappa shape index (κ3) is 3.79. The monoisotopic (exact) mass is 326 g/mol. The molecule has 0 radical (unpaired) electrons. The lowest BCUT2D eigenvalue weighted by Crippen LogP contribution is -2.14. The number of carbonyl (C=O) groups excluding carboxylic acids is 1. The number of anilines is 1. The van der Waals surface area contributed by atoms with Gasteiger partial charge in [-0.1, -0.05) is 0 Å². The summed E-state index contributed by atoms with van der Waals surface area (Å²) < 4.78 is 53.2. The average Bonchev–Trinajstić information content (AvgIpc) is 2.42. The molecule has 120 valence electrons. The van der Waals surface area contributed by atoms with Crippen LogP contribution in [0.2, 0.25) is 0 Å². The van der Waals surface area contributed by atoms with Crippen molar-refractivity contribution in [2.75, 3.05) is 5.32 Å². The zero-order chi connectivity index (χ0) is 17.1. The summed E-state index contributed by atoms with van der Waals surface area (Å²) in [5.74, 6) is -6.26. The van der Waals surface area contributed by atoms with Gasteiger partial charge in [0.15, 0.2) is 17.4 Å². The van der Waals surface area contributed by atoms with E-state index in [0.717, 1.165) is 12.1 Å². The van der Waals surface area contributed by atoms with Gasteiger partial charge < -0.3 is 16.2 Å². The number of nitrogens with two attached hydrogens (primary N) is 1. The second-order valence-corrected chi connectivity index (χ2v) is 4.50. The fraction of sp³-hybridized carbons (Fsp3) is 0. The van der Waals surface area contributed by atoms with Crippen molar-refractivity contribution in [2.45, 2.75) is 0 Å². The number of hydrogen-bond donors (Lipinski definition) is 3. The van der Waals surface area contributed by atoms with Crippen molar-refractivity contribution in [1.82, 2.24) is 0 Å². The highest BCUT2D eigenvalue weighted by atomic mass is 19.1. The van der Waals surface area contributed by atoms with Crippen molar-refractivity contribution in [2.24, 2.45) is 5.73 Å². The Labute approximate surface area is 127 Å². The maximum Gasteiger partial charge on any atom is 0.192 e. The van der Waals surface area contributed by atoms with Crippen LogP contribution in [0.25, 0.3) is 0 Å². The van der Waals surface area contributed by atoms with E-state index in [1.54, 1.807) is 0 Å². The summed E-state index contributed by atoms with van der Waals surface area (Å²) >= 11 is 0. The molecule has 0 saturated heterocycles. The summed E-state index contributed by atoms with van der Waals surface area (Å²) in [7, 11) is 0. The van der Waals surface area contributed by atoms with Gasteiger partial charge in [0.05, 0.1) is 5.56 Å². The lowest BCUT2D eigenvalue weighted by molar-refractivity contribution is 0.104. The Bertz CT molecular complexity index is 783. The number of halogens is 4. The minimum Gasteiger partial charge on any atom is -0.508 e. The van der Waals surface area contributed by atoms with E-state index in [1.807, 2.05) is 0 Å². The summed E-state index contributed by atoms with van der Waals surface area (Å²) in [4.78, 5) is 11.8. The minimum atomic E-state index is -1.14. The van der Waals surface area contributed by atoms with E-state index < -0.39 is 51.9 Å². The topological polar surface area (TPSA) is 75.4 Å². The molecule has 23 heavy (non-hydrogen) atoms. The first kappa shape index (κ1) is 16.3. The van der Waals surface area contributed by atoms with E-state index in [2.05, 4.69) is 5.32 Å². The van der Waals surface area contributed by atoms with Gasteiger partial charge in [-0.15, -0.1) is 0 Å². The van der Waals surface area contributed by atoms with Crippen LogP contribution >= 0.6 is 0 Å². The quantitative estimate of drug-likeness (QED) is 0.349. The SMILES string of the molecule is N/C(=C\C(=O)c1ccc(F)cc1F)Nc1c(F)cc(O)cc1F. The van der Waals surface area contributed by atoms with Gasteiger partial charge in [-0.05, 0) is 12.1 Å². The van der Waals surface area contributed by atoms with E-state index >= 15 is 0 Å². The van der Waals surface area contributed by atoms with Crippen LogP contribution < -0.4 is 11.1 Å². The summed E-state index contributed by atoms with van der Waals surface area (Å²) in [6.45, 7) is 0. The first-order valence-electron chi connectivity index (χ1n) is 6.19. The minimum absolute atomic E-state index is 0.456. The fourth-order valence-corrected chi connectivity index (χ4v) is 1.77. The van der Waals surface area contributed by atoms with Gasteiger partial charge in [0.25, 0.3) is 0 Å². The molecule has 2 aromatic rings. The van der Waals surface area contributed by atoms with Gasteiger partial charge >= 0.3 is 0 Å². The standard InChI is InChI=1S/C15H10F4N2O2/c16-7-1-2-9(10(17)3-7)13(23)6-14(20)21-15-11(18)4-8(22)5-12(15)19/h1-6,21-22H,20H2/b14-6+. The highest BCUT2D eigenvalue weighted by Crippen LogP contribution is 2.24. The predicted molar refractivity (Wildman–Crippen MR) is 74.6 cm³/mol. The molecule has 0 aliphatic heterocycles. The van der Waals surface area contributed by atoms with Crippen molar-refractivity contribution in [3.8, 4) is 5.75 Å². The Morgan fingerprint density at radius 1 is 1.04 bits per heavy atom. The van der Waals surface area contributed by atoms with Crippen LogP contribution in [-0.4, -0.2) is 10.9 Å². The lowest BCUT2D eigenvalue weighted by atomic mass is 10.1. The molecular formula is C15H10F4N2O2. The first-order chi connectivity index (χ1) is 10.8. The fourth-order valence-electron chi connectivity index (χ4n) is 1.77. The van der Waals surface area contributed by atoms with Gasteiger partial charge in [0, 0.05) is 24.3 Å². The van der Waals surface area contributed by atoms with E-state index in [9.17, 15) is 22.4 Å². The number of nitrogens with one attached hydrogen (secondary N) is 1. The van der Waals surface area contributed by atoms with Crippen LogP contribution in [0.1, 0.15) is 10.4 Å². The van der Waals surface area contributed by atoms with Crippen molar-refractivity contribution in [1.29, 1.82) is 0 Å². The van der Waals surface area contributed by atoms with Crippen molar-refractivity contribution in [3.05, 3.63) is 71.1 Å². The molecule has 2 aromatic carbocycles. The average molecular weight is 326 g/mol. The molecule has 0 aliphatic carbocycles. The second-order valence-electron chi connectivity index (χ2n) is 4.50. The van der Waals surface area contributed by atoms with Crippen LogP contribution in [0.3, 0.4) is 0 Å². The second kappa shape index (κ2) is 6.39. The third-order valence-electron chi connectivity index (χ3n) is 2.78. The van der Waals surface area contributed by atoms with Gasteiger partial charge in [0.2, 0.25) is 0 Å². The molecule has 4 nitrogen and oxygen atoms in total. The van der Waals surface area contributed by atoms with Crippen molar-refractivity contribution >= 4 is 11.5 Å². The molecule has 2 rings (SSSR count). The molecule has 8 heteroatoms. The van der Waals surface area contributed by atoms with E-state index in [0.29, 0.717) is 24.3 Å². The molecule has 0 aromatic heterocycles. The number of hydrogen-bond acceptors (Lipinski definition) is 4. The largest absolute Gasteiger partial charge is 0.508 e. The number of carbonyl (C=O) groups is 1. The Hall–Kier alpha value is -3.03. The molecule has 0 amide bonds. The number of phenolic OH excluding ortho intramolecular Hbond substituents is 1. The first-order valence-corrected chi connectivity index (χ1v) is 6.19. The highest BCUT2D eigenvalue weighted by molar-refractivity contribution is 6.05. The molecule has 0 heterocycles. The van der Waals surface area contributed by atoms with Crippen LogP contribution in [0.5, 0.6) is 5.75 Å². The number of rotatable bonds is 4. The zero-order valence-electron chi connectivity index (χ0n) is 11.4. The number of aromatic hydroxyl groups is 1. The summed E-state index contributed by atoms with van der Waals surface area (Å²) in [6, 6.07) is 3.59. The van der Waals surface area contributed by atoms with Crippen molar-refractivity contribution in [3.63, 3.8) is 0 Å². The zero-order valence-corrected chi connectivity index (χ0v) is 11.4. The number of ketones is 1. The number of benzene rings is 2. The van der Waals surface area contributed by atoms with Gasteiger partial charge in [-0.2, -0.15) is 0 Å². The molecule has 4 N–H and O–H groups in total. The summed E-state index contributed by atoms with van der Waals surface area (Å²) in [5, 5.41) is 11.1. The molecule has 0 atom stereocenters. The maximum absolute atomic E-state index is 13.5. The smallest absolute Gasteiger partial charge is 0.192 e. The molecule has 0 fully saturated rings. The number of allylic oxidation sites excluding steroid dienone is 1. The van der Waals surface area contributed by atoms with E-state index in [1.165, 1.54) is 0 Å². The summed E-state index contributed by atoms with van der Waals surface area (Å²) in [6.07, 6.45) is 0.696. The van der Waals surface area contributed by atoms with Crippen LogP contribution in [0.15, 0.2) is 42.2 Å². The van der Waals surface area contributed by atoms with Gasteiger partial charge in [-0.25, -0.2) is 17.6 Å². The predicted octanol–water partition coefficient (Wildman–Crippen LogP) is 3.04. The van der Waals surface area contributed by atoms with Crippen LogP contribution in [-0.2, 0) is 0 Å². The van der Waals surface area contributed by atoms with Crippen LogP contribution in [0, 0.1) is 23.3 Å². The molecule has 0 saturated carbocycles. The molecule has 0 aliphatic rings. The Morgan fingerprint density at radius 2 is 1.65 bits per heavy atom. The van der Waals surface area contributed by atoms with Gasteiger partial charge in [-0.3, -0.25) is 4.79 Å². The highest BCUT2D eigenvalue weighted by Gasteiger charge is 2.14. The van der Waals surface area contributed by atoms with Crippen LogP contribution in [0.4, 0.5) is 23.2 Å². The summed E-state index contributed by atoms with van der Waals surface area (Å²) in [5.41, 5.74) is 4.29. The van der Waals surface area contributed by atoms with E-state index in [-0.39, 0.29) is 0 Å². The Balaban J connectivity index is 2.25. The molecule has 0 bridgehead atoms. The molecule has 0 unspecified atom stereocenters. The van der Waals surface area contributed by atoms with Crippen molar-refractivity contribution < 1.29 is 27.5 Å². The normalized spacial score (nSPS) is 11.4. The number of phenols is 1. The molecular weight excluding hydrogens is 316 g/mol.